The third kappa shape index (κ3) is 2.07. The Morgan fingerprint density at radius 2 is 2.27 bits per heavy atom. The molecule has 0 amide bonds. The van der Waals surface area contributed by atoms with E-state index in [0.29, 0.717) is 0 Å². The summed E-state index contributed by atoms with van der Waals surface area (Å²) in [5, 5.41) is 0. The molecule has 0 aromatic heterocycles. The summed E-state index contributed by atoms with van der Waals surface area (Å²) in [7, 11) is 2.02. The van der Waals surface area contributed by atoms with Gasteiger partial charge >= 0.3 is 0 Å². The van der Waals surface area contributed by atoms with E-state index in [0.717, 1.165) is 23.0 Å². The summed E-state index contributed by atoms with van der Waals surface area (Å²) < 4.78 is 14.1. The standard InChI is InChI=1S/C11H14BrFN2/c1-15-5-4-10(14)11(15)8-6-7(13)2-3-9(8)12/h2-3,6,10-11H,4-5,14H2,1H3. The number of likely N-dealkylation sites (N-methyl/N-ethyl adjacent to an activating group) is 1. The predicted molar refractivity (Wildman–Crippen MR) is 62.1 cm³/mol. The first kappa shape index (κ1) is 11.0. The van der Waals surface area contributed by atoms with Crippen LogP contribution >= 0.6 is 15.9 Å². The molecule has 4 heteroatoms. The second-order valence-corrected chi connectivity index (χ2v) is 4.90. The Labute approximate surface area is 97.4 Å². The number of halogens is 2. The quantitative estimate of drug-likeness (QED) is 0.850. The first-order valence-electron chi connectivity index (χ1n) is 5.00. The first-order valence-corrected chi connectivity index (χ1v) is 5.79. The minimum atomic E-state index is -0.208. The Hall–Kier alpha value is -0.450. The van der Waals surface area contributed by atoms with Gasteiger partial charge < -0.3 is 5.73 Å². The molecule has 1 heterocycles. The van der Waals surface area contributed by atoms with Crippen molar-refractivity contribution in [2.45, 2.75) is 18.5 Å². The molecule has 1 aliphatic heterocycles. The minimum Gasteiger partial charge on any atom is -0.326 e. The molecule has 0 radical (unpaired) electrons. The summed E-state index contributed by atoms with van der Waals surface area (Å²) in [6.45, 7) is 0.967. The predicted octanol–water partition coefficient (Wildman–Crippen LogP) is 2.29. The summed E-state index contributed by atoms with van der Waals surface area (Å²) in [4.78, 5) is 2.17. The van der Waals surface area contributed by atoms with Gasteiger partial charge in [0, 0.05) is 17.1 Å². The lowest BCUT2D eigenvalue weighted by Crippen LogP contribution is -2.29. The molecule has 15 heavy (non-hydrogen) atoms. The van der Waals surface area contributed by atoms with E-state index in [9.17, 15) is 4.39 Å². The van der Waals surface area contributed by atoms with Crippen LogP contribution < -0.4 is 5.73 Å². The topological polar surface area (TPSA) is 29.3 Å². The highest BCUT2D eigenvalue weighted by Gasteiger charge is 2.31. The summed E-state index contributed by atoms with van der Waals surface area (Å²) >= 11 is 3.45. The summed E-state index contributed by atoms with van der Waals surface area (Å²) in [5.41, 5.74) is 6.98. The first-order chi connectivity index (χ1) is 7.09. The van der Waals surface area contributed by atoms with Gasteiger partial charge in [0.2, 0.25) is 0 Å². The number of nitrogens with zero attached hydrogens (tertiary/aromatic N) is 1. The molecule has 2 rings (SSSR count). The lowest BCUT2D eigenvalue weighted by atomic mass is 10.0. The van der Waals surface area contributed by atoms with Crippen molar-refractivity contribution < 1.29 is 4.39 Å². The van der Waals surface area contributed by atoms with Gasteiger partial charge in [-0.2, -0.15) is 0 Å². The van der Waals surface area contributed by atoms with Crippen molar-refractivity contribution in [3.63, 3.8) is 0 Å². The molecule has 2 atom stereocenters. The molecule has 1 saturated heterocycles. The van der Waals surface area contributed by atoms with Crippen LogP contribution in [0.2, 0.25) is 0 Å². The highest BCUT2D eigenvalue weighted by atomic mass is 79.9. The van der Waals surface area contributed by atoms with Crippen molar-refractivity contribution in [1.82, 2.24) is 4.90 Å². The number of rotatable bonds is 1. The van der Waals surface area contributed by atoms with Crippen LogP contribution in [-0.4, -0.2) is 24.5 Å². The maximum Gasteiger partial charge on any atom is 0.123 e. The maximum absolute atomic E-state index is 13.2. The number of hydrogen-bond donors (Lipinski definition) is 1. The molecular formula is C11H14BrFN2. The number of hydrogen-bond acceptors (Lipinski definition) is 2. The lowest BCUT2D eigenvalue weighted by Gasteiger charge is -2.24. The van der Waals surface area contributed by atoms with E-state index < -0.39 is 0 Å². The van der Waals surface area contributed by atoms with Crippen molar-refractivity contribution in [3.8, 4) is 0 Å². The second-order valence-electron chi connectivity index (χ2n) is 4.04. The van der Waals surface area contributed by atoms with Crippen molar-refractivity contribution in [3.05, 3.63) is 34.1 Å². The molecule has 1 aromatic rings. The molecule has 2 nitrogen and oxygen atoms in total. The Balaban J connectivity index is 2.39. The van der Waals surface area contributed by atoms with Crippen LogP contribution in [-0.2, 0) is 0 Å². The van der Waals surface area contributed by atoms with Gasteiger partial charge in [0.15, 0.2) is 0 Å². The third-order valence-corrected chi connectivity index (χ3v) is 3.69. The molecule has 0 bridgehead atoms. The molecule has 1 aromatic carbocycles. The van der Waals surface area contributed by atoms with Crippen LogP contribution in [0, 0.1) is 5.82 Å². The maximum atomic E-state index is 13.2. The summed E-state index contributed by atoms with van der Waals surface area (Å²) in [6, 6.07) is 4.97. The van der Waals surface area contributed by atoms with E-state index in [-0.39, 0.29) is 17.9 Å². The third-order valence-electron chi connectivity index (χ3n) is 2.97. The second kappa shape index (κ2) is 4.20. The van der Waals surface area contributed by atoms with Crippen LogP contribution in [0.4, 0.5) is 4.39 Å². The summed E-state index contributed by atoms with van der Waals surface area (Å²) in [6.07, 6.45) is 0.962. The van der Waals surface area contributed by atoms with Gasteiger partial charge in [0.05, 0.1) is 6.04 Å². The monoisotopic (exact) mass is 272 g/mol. The Morgan fingerprint density at radius 1 is 1.53 bits per heavy atom. The molecule has 0 saturated carbocycles. The molecule has 0 spiro atoms. The highest BCUT2D eigenvalue weighted by molar-refractivity contribution is 9.10. The molecule has 0 aliphatic carbocycles. The van der Waals surface area contributed by atoms with Crippen LogP contribution in [0.25, 0.3) is 0 Å². The van der Waals surface area contributed by atoms with Crippen molar-refractivity contribution in [1.29, 1.82) is 0 Å². The van der Waals surface area contributed by atoms with E-state index in [1.54, 1.807) is 12.1 Å². The minimum absolute atomic E-state index is 0.0908. The van der Waals surface area contributed by atoms with Crippen LogP contribution in [0.15, 0.2) is 22.7 Å². The van der Waals surface area contributed by atoms with Crippen molar-refractivity contribution in [2.24, 2.45) is 5.73 Å². The Kier molecular flexibility index (Phi) is 3.09. The van der Waals surface area contributed by atoms with Gasteiger partial charge in [-0.05, 0) is 37.2 Å². The molecule has 1 fully saturated rings. The summed E-state index contributed by atoms with van der Waals surface area (Å²) in [5.74, 6) is -0.208. The van der Waals surface area contributed by atoms with Crippen LogP contribution in [0.3, 0.4) is 0 Å². The zero-order valence-electron chi connectivity index (χ0n) is 8.58. The largest absolute Gasteiger partial charge is 0.326 e. The van der Waals surface area contributed by atoms with E-state index in [2.05, 4.69) is 20.8 Å². The van der Waals surface area contributed by atoms with Crippen LogP contribution in [0.5, 0.6) is 0 Å². The van der Waals surface area contributed by atoms with Crippen molar-refractivity contribution >= 4 is 15.9 Å². The average molecular weight is 273 g/mol. The van der Waals surface area contributed by atoms with Gasteiger partial charge in [-0.15, -0.1) is 0 Å². The normalized spacial score (nSPS) is 27.2. The highest BCUT2D eigenvalue weighted by Crippen LogP contribution is 2.34. The molecule has 1 aliphatic rings. The zero-order chi connectivity index (χ0) is 11.0. The lowest BCUT2D eigenvalue weighted by molar-refractivity contribution is 0.302. The van der Waals surface area contributed by atoms with Gasteiger partial charge in [-0.25, -0.2) is 4.39 Å². The molecule has 2 N–H and O–H groups in total. The smallest absolute Gasteiger partial charge is 0.123 e. The fourth-order valence-electron chi connectivity index (χ4n) is 2.19. The molecular weight excluding hydrogens is 259 g/mol. The zero-order valence-corrected chi connectivity index (χ0v) is 10.2. The Morgan fingerprint density at radius 3 is 2.87 bits per heavy atom. The van der Waals surface area contributed by atoms with Gasteiger partial charge in [0.1, 0.15) is 5.82 Å². The fraction of sp³-hybridized carbons (Fsp3) is 0.455. The van der Waals surface area contributed by atoms with Crippen molar-refractivity contribution in [2.75, 3.05) is 13.6 Å². The number of nitrogens with two attached hydrogens (primary N) is 1. The van der Waals surface area contributed by atoms with E-state index in [1.807, 2.05) is 7.05 Å². The van der Waals surface area contributed by atoms with Gasteiger partial charge in [0.25, 0.3) is 0 Å². The van der Waals surface area contributed by atoms with E-state index in [4.69, 9.17) is 5.73 Å². The van der Waals surface area contributed by atoms with E-state index >= 15 is 0 Å². The van der Waals surface area contributed by atoms with Gasteiger partial charge in [-0.3, -0.25) is 4.90 Å². The molecule has 82 valence electrons. The average Bonchev–Trinajstić information content (AvgIpc) is 2.51. The van der Waals surface area contributed by atoms with E-state index in [1.165, 1.54) is 6.07 Å². The SMILES string of the molecule is CN1CCC(N)C1c1cc(F)ccc1Br. The molecule has 2 unspecified atom stereocenters. The fourth-order valence-corrected chi connectivity index (χ4v) is 2.67. The Bertz CT molecular complexity index is 360. The number of benzene rings is 1. The number of likely N-dealkylation sites (tertiary alicyclic amines) is 1. The van der Waals surface area contributed by atoms with Crippen LogP contribution in [0.1, 0.15) is 18.0 Å². The van der Waals surface area contributed by atoms with Gasteiger partial charge in [-0.1, -0.05) is 15.9 Å².